The summed E-state index contributed by atoms with van der Waals surface area (Å²) in [6.45, 7) is 1.65. The molecule has 8 heteroatoms. The number of sulfonamides is 1. The Balaban J connectivity index is 1.74. The number of rotatable bonds is 9. The van der Waals surface area contributed by atoms with E-state index in [2.05, 4.69) is 5.32 Å². The van der Waals surface area contributed by atoms with Crippen molar-refractivity contribution in [2.45, 2.75) is 31.8 Å². The molecule has 0 saturated carbocycles. The van der Waals surface area contributed by atoms with E-state index in [1.807, 2.05) is 18.2 Å². The highest BCUT2D eigenvalue weighted by Gasteiger charge is 2.24. The molecule has 2 rings (SSSR count). The van der Waals surface area contributed by atoms with Crippen LogP contribution in [0.5, 0.6) is 0 Å². The summed E-state index contributed by atoms with van der Waals surface area (Å²) < 4.78 is 30.6. The minimum atomic E-state index is -3.36. The molecule has 1 aliphatic rings. The van der Waals surface area contributed by atoms with Crippen LogP contribution < -0.4 is 5.32 Å². The second-order valence-corrected chi connectivity index (χ2v) is 8.65. The number of carbonyl (C=O) groups excluding carboxylic acids is 1. The first kappa shape index (κ1) is 20.2. The van der Waals surface area contributed by atoms with Gasteiger partial charge in [0.25, 0.3) is 0 Å². The quantitative estimate of drug-likeness (QED) is 0.700. The second-order valence-electron chi connectivity index (χ2n) is 6.24. The Morgan fingerprint density at radius 3 is 2.88 bits per heavy atom. The van der Waals surface area contributed by atoms with Gasteiger partial charge in [-0.05, 0) is 37.0 Å². The lowest BCUT2D eigenvalue weighted by molar-refractivity contribution is -0.121. The van der Waals surface area contributed by atoms with Crippen molar-refractivity contribution in [1.29, 1.82) is 0 Å². The van der Waals surface area contributed by atoms with Gasteiger partial charge in [0.05, 0.1) is 12.4 Å². The maximum Gasteiger partial charge on any atom is 0.221 e. The number of hydrogen-bond donors (Lipinski definition) is 1. The van der Waals surface area contributed by atoms with E-state index in [9.17, 15) is 13.2 Å². The maximum absolute atomic E-state index is 12.0. The number of nitrogens with one attached hydrogen (secondary N) is 1. The molecule has 140 valence electrons. The molecule has 1 N–H and O–H groups in total. The number of hydrogen-bond acceptors (Lipinski definition) is 4. The van der Waals surface area contributed by atoms with Crippen molar-refractivity contribution in [2.24, 2.45) is 0 Å². The Labute approximate surface area is 154 Å². The Hall–Kier alpha value is -1.15. The lowest BCUT2D eigenvalue weighted by atomic mass is 10.1. The second kappa shape index (κ2) is 9.52. The van der Waals surface area contributed by atoms with Crippen molar-refractivity contribution in [3.8, 4) is 0 Å². The Bertz CT molecular complexity index is 675. The van der Waals surface area contributed by atoms with Crippen LogP contribution in [0.3, 0.4) is 0 Å². The zero-order valence-corrected chi connectivity index (χ0v) is 16.0. The SMILES string of the molecule is CS(=O)(=O)N(CCC(=O)NCCc1cccc(Cl)c1)CC1CCCO1. The minimum absolute atomic E-state index is 0.0689. The van der Waals surface area contributed by atoms with Crippen LogP contribution in [0.25, 0.3) is 0 Å². The van der Waals surface area contributed by atoms with Gasteiger partial charge in [0.15, 0.2) is 0 Å². The summed E-state index contributed by atoms with van der Waals surface area (Å²) in [5.41, 5.74) is 1.05. The fourth-order valence-electron chi connectivity index (χ4n) is 2.76. The lowest BCUT2D eigenvalue weighted by Crippen LogP contribution is -2.39. The molecule has 1 unspecified atom stereocenters. The van der Waals surface area contributed by atoms with Crippen molar-refractivity contribution in [1.82, 2.24) is 9.62 Å². The molecule has 1 saturated heterocycles. The van der Waals surface area contributed by atoms with E-state index >= 15 is 0 Å². The van der Waals surface area contributed by atoms with Crippen molar-refractivity contribution in [3.05, 3.63) is 34.9 Å². The van der Waals surface area contributed by atoms with Gasteiger partial charge in [-0.1, -0.05) is 23.7 Å². The summed E-state index contributed by atoms with van der Waals surface area (Å²) in [5.74, 6) is -0.164. The van der Waals surface area contributed by atoms with Crippen LogP contribution in [-0.4, -0.2) is 57.2 Å². The lowest BCUT2D eigenvalue weighted by Gasteiger charge is -2.22. The normalized spacial score (nSPS) is 17.8. The first-order valence-corrected chi connectivity index (χ1v) is 10.6. The number of ether oxygens (including phenoxy) is 1. The summed E-state index contributed by atoms with van der Waals surface area (Å²) in [6, 6.07) is 7.48. The number of carbonyl (C=O) groups is 1. The fraction of sp³-hybridized carbons (Fsp3) is 0.588. The van der Waals surface area contributed by atoms with Gasteiger partial charge in [-0.25, -0.2) is 8.42 Å². The van der Waals surface area contributed by atoms with E-state index in [1.165, 1.54) is 10.6 Å². The average Bonchev–Trinajstić information content (AvgIpc) is 3.03. The Morgan fingerprint density at radius 1 is 1.44 bits per heavy atom. The molecule has 1 atom stereocenters. The van der Waals surface area contributed by atoms with Crippen LogP contribution in [0, 0.1) is 0 Å². The molecule has 0 radical (unpaired) electrons. The van der Waals surface area contributed by atoms with Gasteiger partial charge < -0.3 is 10.1 Å². The summed E-state index contributed by atoms with van der Waals surface area (Å²) in [4.78, 5) is 12.0. The predicted molar refractivity (Wildman–Crippen MR) is 98.2 cm³/mol. The first-order chi connectivity index (χ1) is 11.8. The van der Waals surface area contributed by atoms with Crippen LogP contribution in [0.4, 0.5) is 0 Å². The molecule has 0 aromatic heterocycles. The molecule has 0 spiro atoms. The standard InChI is InChI=1S/C17H25ClN2O4S/c1-25(22,23)20(13-16-6-3-11-24-16)10-8-17(21)19-9-7-14-4-2-5-15(18)12-14/h2,4-5,12,16H,3,6-11,13H2,1H3,(H,19,21). The van der Waals surface area contributed by atoms with Gasteiger partial charge in [0.1, 0.15) is 0 Å². The first-order valence-electron chi connectivity index (χ1n) is 8.42. The molecule has 0 bridgehead atoms. The summed E-state index contributed by atoms with van der Waals surface area (Å²) in [7, 11) is -3.36. The van der Waals surface area contributed by atoms with E-state index in [-0.39, 0.29) is 25.0 Å². The molecular formula is C17H25ClN2O4S. The predicted octanol–water partition coefficient (Wildman–Crippen LogP) is 1.83. The fourth-order valence-corrected chi connectivity index (χ4v) is 3.83. The highest BCUT2D eigenvalue weighted by molar-refractivity contribution is 7.88. The van der Waals surface area contributed by atoms with Gasteiger partial charge in [0, 0.05) is 37.7 Å². The monoisotopic (exact) mass is 388 g/mol. The third-order valence-corrected chi connectivity index (χ3v) is 5.62. The van der Waals surface area contributed by atoms with E-state index < -0.39 is 10.0 Å². The number of nitrogens with zero attached hydrogens (tertiary/aromatic N) is 1. The summed E-state index contributed by atoms with van der Waals surface area (Å²) >= 11 is 5.92. The van der Waals surface area contributed by atoms with E-state index in [1.54, 1.807) is 6.07 Å². The zero-order valence-electron chi connectivity index (χ0n) is 14.4. The largest absolute Gasteiger partial charge is 0.377 e. The molecule has 25 heavy (non-hydrogen) atoms. The van der Waals surface area contributed by atoms with E-state index in [4.69, 9.17) is 16.3 Å². The van der Waals surface area contributed by atoms with Gasteiger partial charge in [-0.15, -0.1) is 0 Å². The van der Waals surface area contributed by atoms with Crippen molar-refractivity contribution in [2.75, 3.05) is 32.5 Å². The molecular weight excluding hydrogens is 364 g/mol. The molecule has 1 fully saturated rings. The number of benzene rings is 1. The average molecular weight is 389 g/mol. The highest BCUT2D eigenvalue weighted by Crippen LogP contribution is 2.15. The Morgan fingerprint density at radius 2 is 2.24 bits per heavy atom. The van der Waals surface area contributed by atoms with Crippen LogP contribution in [0.15, 0.2) is 24.3 Å². The molecule has 1 aliphatic heterocycles. The topological polar surface area (TPSA) is 75.7 Å². The van der Waals surface area contributed by atoms with Gasteiger partial charge in [0.2, 0.25) is 15.9 Å². The van der Waals surface area contributed by atoms with Crippen LogP contribution >= 0.6 is 11.6 Å². The molecule has 1 amide bonds. The van der Waals surface area contributed by atoms with Crippen LogP contribution in [-0.2, 0) is 26.0 Å². The van der Waals surface area contributed by atoms with Crippen molar-refractivity contribution >= 4 is 27.5 Å². The molecule has 6 nitrogen and oxygen atoms in total. The number of amides is 1. The smallest absolute Gasteiger partial charge is 0.221 e. The molecule has 1 heterocycles. The molecule has 1 aromatic rings. The third kappa shape index (κ3) is 7.32. The molecule has 0 aliphatic carbocycles. The number of halogens is 1. The van der Waals surface area contributed by atoms with Crippen LogP contribution in [0.2, 0.25) is 5.02 Å². The van der Waals surface area contributed by atoms with Crippen LogP contribution in [0.1, 0.15) is 24.8 Å². The Kier molecular flexibility index (Phi) is 7.68. The minimum Gasteiger partial charge on any atom is -0.377 e. The molecule has 1 aromatic carbocycles. The summed E-state index contributed by atoms with van der Waals surface area (Å²) in [6.07, 6.45) is 3.72. The van der Waals surface area contributed by atoms with Crippen molar-refractivity contribution < 1.29 is 17.9 Å². The summed E-state index contributed by atoms with van der Waals surface area (Å²) in [5, 5.41) is 3.48. The van der Waals surface area contributed by atoms with E-state index in [0.29, 0.717) is 31.1 Å². The van der Waals surface area contributed by atoms with E-state index in [0.717, 1.165) is 18.4 Å². The van der Waals surface area contributed by atoms with Gasteiger partial charge in [-0.3, -0.25) is 4.79 Å². The van der Waals surface area contributed by atoms with Gasteiger partial charge in [-0.2, -0.15) is 4.31 Å². The van der Waals surface area contributed by atoms with Crippen molar-refractivity contribution in [3.63, 3.8) is 0 Å². The third-order valence-electron chi connectivity index (χ3n) is 4.11. The zero-order chi connectivity index (χ0) is 18.3. The van der Waals surface area contributed by atoms with Gasteiger partial charge >= 0.3 is 0 Å². The highest BCUT2D eigenvalue weighted by atomic mass is 35.5. The maximum atomic E-state index is 12.0.